The van der Waals surface area contributed by atoms with Crippen LogP contribution in [-0.2, 0) is 6.42 Å². The molecule has 16 heavy (non-hydrogen) atoms. The van der Waals surface area contributed by atoms with Gasteiger partial charge >= 0.3 is 0 Å². The first-order valence-electron chi connectivity index (χ1n) is 6.20. The highest BCUT2D eigenvalue weighted by molar-refractivity contribution is 5.27. The van der Waals surface area contributed by atoms with Crippen molar-refractivity contribution in [1.29, 1.82) is 0 Å². The number of ether oxygens (including phenoxy) is 1. The fourth-order valence-corrected chi connectivity index (χ4v) is 1.71. The Bertz CT molecular complexity index is 281. The van der Waals surface area contributed by atoms with Crippen molar-refractivity contribution >= 4 is 0 Å². The zero-order valence-corrected chi connectivity index (χ0v) is 10.6. The summed E-state index contributed by atoms with van der Waals surface area (Å²) < 4.78 is 5.87. The third-order valence-corrected chi connectivity index (χ3v) is 2.65. The minimum absolute atomic E-state index is 0.266. The van der Waals surface area contributed by atoms with Gasteiger partial charge in [0, 0.05) is 6.54 Å². The van der Waals surface area contributed by atoms with Crippen LogP contribution < -0.4 is 10.1 Å². The summed E-state index contributed by atoms with van der Waals surface area (Å²) in [5, 5.41) is 3.15. The summed E-state index contributed by atoms with van der Waals surface area (Å²) in [6, 6.07) is 8.46. The van der Waals surface area contributed by atoms with E-state index in [2.05, 4.69) is 43.4 Å². The zero-order valence-electron chi connectivity index (χ0n) is 10.6. The molecule has 0 saturated carbocycles. The van der Waals surface area contributed by atoms with Gasteiger partial charge in [-0.1, -0.05) is 32.4 Å². The molecule has 90 valence electrons. The van der Waals surface area contributed by atoms with Crippen LogP contribution in [0.2, 0.25) is 0 Å². The van der Waals surface area contributed by atoms with Gasteiger partial charge < -0.3 is 10.1 Å². The SMILES string of the molecule is CCCc1ccc(OC(CC)CNC)cc1. The van der Waals surface area contributed by atoms with Gasteiger partial charge in [0.2, 0.25) is 0 Å². The van der Waals surface area contributed by atoms with Crippen molar-refractivity contribution in [2.75, 3.05) is 13.6 Å². The minimum atomic E-state index is 0.266. The Hall–Kier alpha value is -1.02. The van der Waals surface area contributed by atoms with Crippen LogP contribution in [0.5, 0.6) is 5.75 Å². The van der Waals surface area contributed by atoms with Gasteiger partial charge in [0.15, 0.2) is 0 Å². The number of likely N-dealkylation sites (N-methyl/N-ethyl adjacent to an activating group) is 1. The van der Waals surface area contributed by atoms with Crippen LogP contribution in [-0.4, -0.2) is 19.7 Å². The summed E-state index contributed by atoms with van der Waals surface area (Å²) >= 11 is 0. The summed E-state index contributed by atoms with van der Waals surface area (Å²) in [6.45, 7) is 5.24. The van der Waals surface area contributed by atoms with Crippen molar-refractivity contribution in [3.05, 3.63) is 29.8 Å². The van der Waals surface area contributed by atoms with E-state index in [0.29, 0.717) is 0 Å². The Kier molecular flexibility index (Phi) is 5.94. The Morgan fingerprint density at radius 3 is 2.38 bits per heavy atom. The molecule has 0 bridgehead atoms. The number of hydrogen-bond acceptors (Lipinski definition) is 2. The highest BCUT2D eigenvalue weighted by Gasteiger charge is 2.06. The van der Waals surface area contributed by atoms with Crippen LogP contribution in [0.25, 0.3) is 0 Å². The molecule has 0 heterocycles. The molecule has 0 amide bonds. The molecule has 0 fully saturated rings. The molecule has 1 atom stereocenters. The maximum absolute atomic E-state index is 5.87. The van der Waals surface area contributed by atoms with E-state index in [-0.39, 0.29) is 6.10 Å². The molecule has 0 aliphatic rings. The molecule has 0 aromatic heterocycles. The number of benzene rings is 1. The number of aryl methyl sites for hydroxylation is 1. The number of nitrogens with one attached hydrogen (secondary N) is 1. The summed E-state index contributed by atoms with van der Waals surface area (Å²) in [5.41, 5.74) is 1.39. The zero-order chi connectivity index (χ0) is 11.8. The van der Waals surface area contributed by atoms with Gasteiger partial charge in [-0.25, -0.2) is 0 Å². The van der Waals surface area contributed by atoms with Gasteiger partial charge in [0.25, 0.3) is 0 Å². The Morgan fingerprint density at radius 1 is 1.19 bits per heavy atom. The molecule has 0 aliphatic heterocycles. The summed E-state index contributed by atoms with van der Waals surface area (Å²) in [7, 11) is 1.95. The van der Waals surface area contributed by atoms with E-state index in [1.165, 1.54) is 12.0 Å². The Balaban J connectivity index is 2.53. The fourth-order valence-electron chi connectivity index (χ4n) is 1.71. The second-order valence-electron chi connectivity index (χ2n) is 4.10. The van der Waals surface area contributed by atoms with Crippen LogP contribution in [0.15, 0.2) is 24.3 Å². The van der Waals surface area contributed by atoms with Crippen molar-refractivity contribution in [2.45, 2.75) is 39.2 Å². The molecule has 1 aromatic rings. The van der Waals surface area contributed by atoms with Gasteiger partial charge in [-0.3, -0.25) is 0 Å². The van der Waals surface area contributed by atoms with Crippen LogP contribution >= 0.6 is 0 Å². The maximum atomic E-state index is 5.87. The number of hydrogen-bond donors (Lipinski definition) is 1. The molecule has 0 saturated heterocycles. The molecular formula is C14H23NO. The van der Waals surface area contributed by atoms with Crippen LogP contribution in [0.3, 0.4) is 0 Å². The third-order valence-electron chi connectivity index (χ3n) is 2.65. The molecule has 2 heteroatoms. The second kappa shape index (κ2) is 7.29. The van der Waals surface area contributed by atoms with E-state index < -0.39 is 0 Å². The predicted octanol–water partition coefficient (Wildman–Crippen LogP) is 3.02. The molecule has 1 N–H and O–H groups in total. The lowest BCUT2D eigenvalue weighted by molar-refractivity contribution is 0.196. The van der Waals surface area contributed by atoms with Gasteiger partial charge in [-0.05, 0) is 37.6 Å². The highest BCUT2D eigenvalue weighted by atomic mass is 16.5. The summed E-state index contributed by atoms with van der Waals surface area (Å²) in [5.74, 6) is 0.974. The van der Waals surface area contributed by atoms with E-state index in [0.717, 1.165) is 25.1 Å². The molecule has 2 nitrogen and oxygen atoms in total. The van der Waals surface area contributed by atoms with E-state index in [9.17, 15) is 0 Å². The fraction of sp³-hybridized carbons (Fsp3) is 0.571. The van der Waals surface area contributed by atoms with E-state index in [1.807, 2.05) is 7.05 Å². The standard InChI is InChI=1S/C14H23NO/c1-4-6-12-7-9-14(10-8-12)16-13(5-2)11-15-3/h7-10,13,15H,4-6,11H2,1-3H3. The van der Waals surface area contributed by atoms with E-state index in [4.69, 9.17) is 4.74 Å². The maximum Gasteiger partial charge on any atom is 0.119 e. The van der Waals surface area contributed by atoms with Crippen molar-refractivity contribution in [3.8, 4) is 5.75 Å². The number of rotatable bonds is 7. The van der Waals surface area contributed by atoms with E-state index >= 15 is 0 Å². The smallest absolute Gasteiger partial charge is 0.119 e. The molecule has 0 aliphatic carbocycles. The third kappa shape index (κ3) is 4.23. The monoisotopic (exact) mass is 221 g/mol. The highest BCUT2D eigenvalue weighted by Crippen LogP contribution is 2.15. The van der Waals surface area contributed by atoms with Crippen molar-refractivity contribution in [1.82, 2.24) is 5.32 Å². The normalized spacial score (nSPS) is 12.4. The average molecular weight is 221 g/mol. The molecule has 1 unspecified atom stereocenters. The van der Waals surface area contributed by atoms with Crippen molar-refractivity contribution in [3.63, 3.8) is 0 Å². The van der Waals surface area contributed by atoms with Crippen molar-refractivity contribution in [2.24, 2.45) is 0 Å². The van der Waals surface area contributed by atoms with Gasteiger partial charge in [0.1, 0.15) is 11.9 Å². The van der Waals surface area contributed by atoms with Gasteiger partial charge in [0.05, 0.1) is 0 Å². The lowest BCUT2D eigenvalue weighted by atomic mass is 10.1. The second-order valence-corrected chi connectivity index (χ2v) is 4.10. The van der Waals surface area contributed by atoms with Gasteiger partial charge in [-0.2, -0.15) is 0 Å². The topological polar surface area (TPSA) is 21.3 Å². The first-order chi connectivity index (χ1) is 7.80. The van der Waals surface area contributed by atoms with E-state index in [1.54, 1.807) is 0 Å². The molecule has 0 radical (unpaired) electrons. The Morgan fingerprint density at radius 2 is 1.88 bits per heavy atom. The first kappa shape index (κ1) is 13.0. The molecule has 1 aromatic carbocycles. The Labute approximate surface area is 99.0 Å². The van der Waals surface area contributed by atoms with Crippen LogP contribution in [0.1, 0.15) is 32.3 Å². The van der Waals surface area contributed by atoms with Gasteiger partial charge in [-0.15, -0.1) is 0 Å². The minimum Gasteiger partial charge on any atom is -0.489 e. The molecule has 1 rings (SSSR count). The largest absolute Gasteiger partial charge is 0.489 e. The summed E-state index contributed by atoms with van der Waals surface area (Å²) in [4.78, 5) is 0. The summed E-state index contributed by atoms with van der Waals surface area (Å²) in [6.07, 6.45) is 3.63. The quantitative estimate of drug-likeness (QED) is 0.764. The molecule has 0 spiro atoms. The predicted molar refractivity (Wildman–Crippen MR) is 69.1 cm³/mol. The lowest BCUT2D eigenvalue weighted by Crippen LogP contribution is -2.28. The lowest BCUT2D eigenvalue weighted by Gasteiger charge is -2.17. The van der Waals surface area contributed by atoms with Crippen LogP contribution in [0.4, 0.5) is 0 Å². The average Bonchev–Trinajstić information content (AvgIpc) is 2.31. The first-order valence-corrected chi connectivity index (χ1v) is 6.20. The van der Waals surface area contributed by atoms with Crippen LogP contribution in [0, 0.1) is 0 Å². The van der Waals surface area contributed by atoms with Crippen molar-refractivity contribution < 1.29 is 4.74 Å². The molecular weight excluding hydrogens is 198 g/mol.